The number of benzene rings is 1. The number of urea groups is 1. The number of carbonyl (C=O) groups excluding carboxylic acids is 3. The molecular formula is C16H19N3O5. The Morgan fingerprint density at radius 3 is 2.62 bits per heavy atom. The van der Waals surface area contributed by atoms with Crippen molar-refractivity contribution in [3.8, 4) is 0 Å². The molecule has 0 bridgehead atoms. The van der Waals surface area contributed by atoms with Crippen molar-refractivity contribution in [1.29, 1.82) is 0 Å². The van der Waals surface area contributed by atoms with Gasteiger partial charge in [-0.25, -0.2) is 9.59 Å². The van der Waals surface area contributed by atoms with Crippen molar-refractivity contribution in [1.82, 2.24) is 15.6 Å². The minimum Gasteiger partial charge on any atom is -0.468 e. The molecule has 0 fully saturated rings. The summed E-state index contributed by atoms with van der Waals surface area (Å²) >= 11 is 0. The van der Waals surface area contributed by atoms with Crippen LogP contribution in [0.2, 0.25) is 0 Å². The van der Waals surface area contributed by atoms with E-state index in [1.54, 1.807) is 6.20 Å². The zero-order chi connectivity index (χ0) is 17.5. The lowest BCUT2D eigenvalue weighted by molar-refractivity contribution is -0.142. The summed E-state index contributed by atoms with van der Waals surface area (Å²) in [5.74, 6) is -1.16. The maximum absolute atomic E-state index is 11.9. The summed E-state index contributed by atoms with van der Waals surface area (Å²) < 4.78 is 9.17. The topological polar surface area (TPSA) is 110 Å². The molecule has 0 saturated carbocycles. The van der Waals surface area contributed by atoms with E-state index in [1.807, 2.05) is 24.3 Å². The van der Waals surface area contributed by atoms with Crippen molar-refractivity contribution in [2.75, 3.05) is 20.8 Å². The lowest BCUT2D eigenvalue weighted by Crippen LogP contribution is -2.48. The maximum Gasteiger partial charge on any atom is 0.328 e. The number of methoxy groups -OCH3 is 2. The number of para-hydroxylation sites is 1. The van der Waals surface area contributed by atoms with Gasteiger partial charge in [-0.05, 0) is 11.6 Å². The van der Waals surface area contributed by atoms with Crippen molar-refractivity contribution in [3.05, 3.63) is 36.0 Å². The molecule has 1 atom stereocenters. The van der Waals surface area contributed by atoms with Crippen LogP contribution in [0, 0.1) is 0 Å². The van der Waals surface area contributed by atoms with Crippen molar-refractivity contribution in [2.45, 2.75) is 12.5 Å². The molecule has 0 aliphatic carbocycles. The number of carbonyl (C=O) groups is 3. The van der Waals surface area contributed by atoms with E-state index in [-0.39, 0.29) is 13.0 Å². The lowest BCUT2D eigenvalue weighted by atomic mass is 10.1. The van der Waals surface area contributed by atoms with Crippen LogP contribution < -0.4 is 10.6 Å². The molecule has 8 heteroatoms. The highest BCUT2D eigenvalue weighted by molar-refractivity contribution is 5.87. The molecule has 1 aromatic carbocycles. The quantitative estimate of drug-likeness (QED) is 0.675. The average molecular weight is 333 g/mol. The molecule has 0 unspecified atom stereocenters. The Balaban J connectivity index is 2.07. The number of hydrogen-bond acceptors (Lipinski definition) is 5. The maximum atomic E-state index is 11.9. The number of rotatable bonds is 6. The van der Waals surface area contributed by atoms with Crippen LogP contribution in [0.1, 0.15) is 5.56 Å². The smallest absolute Gasteiger partial charge is 0.328 e. The number of aromatic amines is 1. The fourth-order valence-electron chi connectivity index (χ4n) is 2.29. The molecule has 0 spiro atoms. The van der Waals surface area contributed by atoms with Crippen LogP contribution in [-0.4, -0.2) is 49.8 Å². The molecule has 0 aliphatic rings. The van der Waals surface area contributed by atoms with E-state index in [1.165, 1.54) is 14.2 Å². The van der Waals surface area contributed by atoms with Gasteiger partial charge in [0.2, 0.25) is 0 Å². The molecule has 2 amide bonds. The number of ether oxygens (including phenoxy) is 2. The first kappa shape index (κ1) is 17.3. The lowest BCUT2D eigenvalue weighted by Gasteiger charge is -2.16. The van der Waals surface area contributed by atoms with E-state index < -0.39 is 24.0 Å². The Hall–Kier alpha value is -3.03. The van der Waals surface area contributed by atoms with Crippen LogP contribution >= 0.6 is 0 Å². The zero-order valence-electron chi connectivity index (χ0n) is 13.4. The van der Waals surface area contributed by atoms with Gasteiger partial charge in [-0.3, -0.25) is 4.79 Å². The summed E-state index contributed by atoms with van der Waals surface area (Å²) in [4.78, 5) is 37.9. The number of amides is 2. The molecule has 0 saturated heterocycles. The number of fused-ring (bicyclic) bond motifs is 1. The van der Waals surface area contributed by atoms with Crippen LogP contribution in [-0.2, 0) is 25.5 Å². The van der Waals surface area contributed by atoms with Gasteiger partial charge in [0.25, 0.3) is 0 Å². The SMILES string of the molecule is COC(=O)CNC(=O)N[C@@H](Cc1c[nH]c2ccccc12)C(=O)OC. The monoisotopic (exact) mass is 333 g/mol. The molecule has 1 aromatic heterocycles. The van der Waals surface area contributed by atoms with Gasteiger partial charge in [-0.1, -0.05) is 18.2 Å². The van der Waals surface area contributed by atoms with E-state index in [0.717, 1.165) is 16.5 Å². The molecule has 3 N–H and O–H groups in total. The Labute approximate surface area is 138 Å². The standard InChI is InChI=1S/C16H19N3O5/c1-23-14(20)9-18-16(22)19-13(15(21)24-2)7-10-8-17-12-6-4-3-5-11(10)12/h3-6,8,13,17H,7,9H2,1-2H3,(H2,18,19,22)/t13-/m0/s1. The van der Waals surface area contributed by atoms with E-state index in [2.05, 4.69) is 20.4 Å². The van der Waals surface area contributed by atoms with E-state index in [0.29, 0.717) is 0 Å². The second kappa shape index (κ2) is 8.00. The average Bonchev–Trinajstić information content (AvgIpc) is 3.01. The summed E-state index contributed by atoms with van der Waals surface area (Å²) in [6.07, 6.45) is 2.04. The van der Waals surface area contributed by atoms with Gasteiger partial charge in [0.15, 0.2) is 0 Å². The van der Waals surface area contributed by atoms with Gasteiger partial charge in [0.1, 0.15) is 12.6 Å². The number of H-pyrrole nitrogens is 1. The van der Waals surface area contributed by atoms with Crippen LogP contribution in [0.5, 0.6) is 0 Å². The van der Waals surface area contributed by atoms with Crippen molar-refractivity contribution < 1.29 is 23.9 Å². The highest BCUT2D eigenvalue weighted by atomic mass is 16.5. The largest absolute Gasteiger partial charge is 0.468 e. The highest BCUT2D eigenvalue weighted by Gasteiger charge is 2.23. The van der Waals surface area contributed by atoms with E-state index in [9.17, 15) is 14.4 Å². The molecule has 1 heterocycles. The third-order valence-corrected chi connectivity index (χ3v) is 3.51. The Kier molecular flexibility index (Phi) is 5.78. The van der Waals surface area contributed by atoms with Crippen LogP contribution in [0.15, 0.2) is 30.5 Å². The predicted octanol–water partition coefficient (Wildman–Crippen LogP) is 0.724. The normalized spacial score (nSPS) is 11.6. The minimum absolute atomic E-state index is 0.252. The first-order valence-electron chi connectivity index (χ1n) is 7.29. The predicted molar refractivity (Wildman–Crippen MR) is 86.4 cm³/mol. The number of esters is 2. The van der Waals surface area contributed by atoms with Crippen LogP contribution in [0.4, 0.5) is 4.79 Å². The van der Waals surface area contributed by atoms with Crippen LogP contribution in [0.25, 0.3) is 10.9 Å². The molecule has 2 rings (SSSR count). The van der Waals surface area contributed by atoms with Crippen molar-refractivity contribution in [2.24, 2.45) is 0 Å². The number of hydrogen-bond donors (Lipinski definition) is 3. The molecular weight excluding hydrogens is 314 g/mol. The summed E-state index contributed by atoms with van der Waals surface area (Å²) in [6, 6.07) is 6.10. The summed E-state index contributed by atoms with van der Waals surface area (Å²) in [6.45, 7) is -0.288. The molecule has 0 radical (unpaired) electrons. The number of nitrogens with one attached hydrogen (secondary N) is 3. The second-order valence-corrected chi connectivity index (χ2v) is 5.04. The van der Waals surface area contributed by atoms with E-state index in [4.69, 9.17) is 4.74 Å². The van der Waals surface area contributed by atoms with E-state index >= 15 is 0 Å². The van der Waals surface area contributed by atoms with Gasteiger partial charge in [-0.2, -0.15) is 0 Å². The first-order chi connectivity index (χ1) is 11.5. The van der Waals surface area contributed by atoms with Gasteiger partial charge < -0.3 is 25.1 Å². The van der Waals surface area contributed by atoms with Crippen molar-refractivity contribution in [3.63, 3.8) is 0 Å². The minimum atomic E-state index is -0.883. The molecule has 8 nitrogen and oxygen atoms in total. The molecule has 128 valence electrons. The third kappa shape index (κ3) is 4.25. The Morgan fingerprint density at radius 1 is 1.17 bits per heavy atom. The zero-order valence-corrected chi connectivity index (χ0v) is 13.4. The summed E-state index contributed by atoms with van der Waals surface area (Å²) in [5.41, 5.74) is 1.81. The second-order valence-electron chi connectivity index (χ2n) is 5.04. The summed E-state index contributed by atoms with van der Waals surface area (Å²) in [5, 5.41) is 5.78. The fourth-order valence-corrected chi connectivity index (χ4v) is 2.29. The molecule has 2 aromatic rings. The van der Waals surface area contributed by atoms with Crippen LogP contribution in [0.3, 0.4) is 0 Å². The van der Waals surface area contributed by atoms with Gasteiger partial charge in [-0.15, -0.1) is 0 Å². The van der Waals surface area contributed by atoms with Crippen molar-refractivity contribution >= 4 is 28.9 Å². The Bertz CT molecular complexity index is 740. The summed E-state index contributed by atoms with van der Waals surface area (Å²) in [7, 11) is 2.47. The third-order valence-electron chi connectivity index (χ3n) is 3.51. The molecule has 24 heavy (non-hydrogen) atoms. The first-order valence-corrected chi connectivity index (χ1v) is 7.29. The van der Waals surface area contributed by atoms with Gasteiger partial charge in [0, 0.05) is 23.5 Å². The van der Waals surface area contributed by atoms with Gasteiger partial charge >= 0.3 is 18.0 Å². The van der Waals surface area contributed by atoms with Gasteiger partial charge in [0.05, 0.1) is 14.2 Å². The fraction of sp³-hybridized carbons (Fsp3) is 0.312. The number of aromatic nitrogens is 1. The molecule has 0 aliphatic heterocycles. The highest BCUT2D eigenvalue weighted by Crippen LogP contribution is 2.19. The Morgan fingerprint density at radius 2 is 1.92 bits per heavy atom.